The third-order valence-electron chi connectivity index (χ3n) is 2.27. The Bertz CT molecular complexity index is 622. The molecule has 0 saturated carbocycles. The Morgan fingerprint density at radius 3 is 2.81 bits per heavy atom. The van der Waals surface area contributed by atoms with Gasteiger partial charge in [-0.05, 0) is 18.2 Å². The monoisotopic (exact) mass is 309 g/mol. The maximum atomic E-state index is 11.9. The Hall–Kier alpha value is -2.72. The summed E-state index contributed by atoms with van der Waals surface area (Å²) in [5, 5.41) is 22.6. The van der Waals surface area contributed by atoms with Crippen LogP contribution in [-0.2, 0) is 9.59 Å². The van der Waals surface area contributed by atoms with Crippen LogP contribution in [0.5, 0.6) is 5.75 Å². The van der Waals surface area contributed by atoms with Crippen LogP contribution in [0.2, 0.25) is 5.02 Å². The van der Waals surface area contributed by atoms with Crippen LogP contribution < -0.4 is 15.4 Å². The highest BCUT2D eigenvalue weighted by Gasteiger charge is 2.12. The smallest absolute Gasteiger partial charge is 0.322 e. The first-order chi connectivity index (χ1) is 9.97. The van der Waals surface area contributed by atoms with Crippen molar-refractivity contribution in [2.75, 3.05) is 19.0 Å². The molecule has 21 heavy (non-hydrogen) atoms. The molecule has 0 aromatic heterocycles. The lowest BCUT2D eigenvalue weighted by Crippen LogP contribution is -2.21. The zero-order chi connectivity index (χ0) is 15.8. The van der Waals surface area contributed by atoms with E-state index < -0.39 is 18.4 Å². The van der Waals surface area contributed by atoms with Gasteiger partial charge in [0.1, 0.15) is 23.9 Å². The van der Waals surface area contributed by atoms with Crippen LogP contribution in [0.4, 0.5) is 5.69 Å². The largest absolute Gasteiger partial charge is 0.495 e. The van der Waals surface area contributed by atoms with E-state index in [9.17, 15) is 9.59 Å². The molecule has 0 spiro atoms. The van der Waals surface area contributed by atoms with Gasteiger partial charge in [0.2, 0.25) is 0 Å². The van der Waals surface area contributed by atoms with Gasteiger partial charge in [0.25, 0.3) is 5.91 Å². The van der Waals surface area contributed by atoms with Gasteiger partial charge < -0.3 is 20.5 Å². The standard InChI is InChI=1S/C13H12ClN3O4/c1-21-11-3-2-9(14)4-10(11)17-13(20)8(5-15)6-16-7-12(18)19/h2-4,6,16H,7H2,1H3,(H,17,20)(H,18,19)/b8-6-. The minimum absolute atomic E-state index is 0.279. The summed E-state index contributed by atoms with van der Waals surface area (Å²) >= 11 is 5.83. The van der Waals surface area contributed by atoms with Crippen LogP contribution in [0, 0.1) is 11.3 Å². The molecule has 8 heteroatoms. The molecule has 0 aliphatic rings. The first-order valence-corrected chi connectivity index (χ1v) is 6.06. The Morgan fingerprint density at radius 2 is 2.24 bits per heavy atom. The second-order valence-corrected chi connectivity index (χ2v) is 4.18. The van der Waals surface area contributed by atoms with Gasteiger partial charge in [-0.25, -0.2) is 0 Å². The number of amides is 1. The molecule has 0 aliphatic carbocycles. The molecule has 0 radical (unpaired) electrons. The number of rotatable bonds is 6. The van der Waals surface area contributed by atoms with Crippen LogP contribution in [0.15, 0.2) is 30.0 Å². The molecule has 0 heterocycles. The third-order valence-corrected chi connectivity index (χ3v) is 2.51. The van der Waals surface area contributed by atoms with Gasteiger partial charge in [0.15, 0.2) is 0 Å². The quantitative estimate of drug-likeness (QED) is 0.540. The minimum atomic E-state index is -1.11. The van der Waals surface area contributed by atoms with Crippen molar-refractivity contribution in [1.29, 1.82) is 5.26 Å². The highest BCUT2D eigenvalue weighted by Crippen LogP contribution is 2.27. The van der Waals surface area contributed by atoms with Crippen molar-refractivity contribution in [1.82, 2.24) is 5.32 Å². The predicted octanol–water partition coefficient (Wildman–Crippen LogP) is 1.37. The molecule has 0 saturated heterocycles. The molecule has 7 nitrogen and oxygen atoms in total. The summed E-state index contributed by atoms with van der Waals surface area (Å²) in [6.45, 7) is -0.404. The Labute approximate surface area is 125 Å². The molecule has 3 N–H and O–H groups in total. The molecule has 0 atom stereocenters. The number of aliphatic carboxylic acids is 1. The second kappa shape index (κ2) is 7.77. The van der Waals surface area contributed by atoms with Crippen molar-refractivity contribution in [2.24, 2.45) is 0 Å². The number of carboxylic acids is 1. The van der Waals surface area contributed by atoms with E-state index >= 15 is 0 Å². The maximum Gasteiger partial charge on any atom is 0.322 e. The average molecular weight is 310 g/mol. The number of carbonyl (C=O) groups is 2. The van der Waals surface area contributed by atoms with Gasteiger partial charge in [-0.3, -0.25) is 9.59 Å². The van der Waals surface area contributed by atoms with Gasteiger partial charge in [0.05, 0.1) is 12.8 Å². The number of nitrogens with one attached hydrogen (secondary N) is 2. The van der Waals surface area contributed by atoms with Crippen LogP contribution in [0.1, 0.15) is 0 Å². The topological polar surface area (TPSA) is 111 Å². The fraction of sp³-hybridized carbons (Fsp3) is 0.154. The van der Waals surface area contributed by atoms with Crippen molar-refractivity contribution in [2.45, 2.75) is 0 Å². The van der Waals surface area contributed by atoms with E-state index in [1.165, 1.54) is 13.2 Å². The van der Waals surface area contributed by atoms with Gasteiger partial charge in [-0.2, -0.15) is 5.26 Å². The van der Waals surface area contributed by atoms with Crippen molar-refractivity contribution in [3.63, 3.8) is 0 Å². The van der Waals surface area contributed by atoms with Gasteiger partial charge in [0, 0.05) is 11.2 Å². The van der Waals surface area contributed by atoms with Crippen molar-refractivity contribution in [3.05, 3.63) is 35.0 Å². The lowest BCUT2D eigenvalue weighted by Gasteiger charge is -2.10. The van der Waals surface area contributed by atoms with Crippen LogP contribution >= 0.6 is 11.6 Å². The van der Waals surface area contributed by atoms with Crippen LogP contribution in [0.25, 0.3) is 0 Å². The summed E-state index contributed by atoms with van der Waals surface area (Å²) in [6.07, 6.45) is 1.03. The summed E-state index contributed by atoms with van der Waals surface area (Å²) in [7, 11) is 1.42. The number of halogens is 1. The third kappa shape index (κ3) is 5.04. The summed E-state index contributed by atoms with van der Waals surface area (Å²) in [5.74, 6) is -1.44. The number of hydrogen-bond donors (Lipinski definition) is 3. The lowest BCUT2D eigenvalue weighted by molar-refractivity contribution is -0.135. The average Bonchev–Trinajstić information content (AvgIpc) is 2.43. The number of methoxy groups -OCH3 is 1. The lowest BCUT2D eigenvalue weighted by atomic mass is 10.2. The fourth-order valence-corrected chi connectivity index (χ4v) is 1.53. The number of carbonyl (C=O) groups excluding carboxylic acids is 1. The SMILES string of the molecule is COc1ccc(Cl)cc1NC(=O)/C(C#N)=C\NCC(=O)O. The zero-order valence-corrected chi connectivity index (χ0v) is 11.8. The van der Waals surface area contributed by atoms with Gasteiger partial charge in [-0.1, -0.05) is 11.6 Å². The summed E-state index contributed by atoms with van der Waals surface area (Å²) in [6, 6.07) is 6.29. The first kappa shape index (κ1) is 16.3. The highest BCUT2D eigenvalue weighted by molar-refractivity contribution is 6.31. The predicted molar refractivity (Wildman–Crippen MR) is 76.0 cm³/mol. The van der Waals surface area contributed by atoms with E-state index in [1.807, 2.05) is 0 Å². The number of hydrogen-bond acceptors (Lipinski definition) is 5. The maximum absolute atomic E-state index is 11.9. The van der Waals surface area contributed by atoms with Crippen molar-refractivity contribution >= 4 is 29.2 Å². The number of carboxylic acid groups (broad SMARTS) is 1. The molecule has 0 bridgehead atoms. The van der Waals surface area contributed by atoms with Crippen molar-refractivity contribution in [3.8, 4) is 11.8 Å². The molecular formula is C13H12ClN3O4. The summed E-state index contributed by atoms with van der Waals surface area (Å²) < 4.78 is 5.06. The number of anilines is 1. The molecular weight excluding hydrogens is 298 g/mol. The van der Waals surface area contributed by atoms with E-state index in [-0.39, 0.29) is 5.57 Å². The number of nitriles is 1. The molecule has 110 valence electrons. The Kier molecular flexibility index (Phi) is 6.04. The van der Waals surface area contributed by atoms with E-state index in [0.29, 0.717) is 16.5 Å². The minimum Gasteiger partial charge on any atom is -0.495 e. The second-order valence-electron chi connectivity index (χ2n) is 3.74. The number of nitrogens with zero attached hydrogens (tertiary/aromatic N) is 1. The van der Waals surface area contributed by atoms with Crippen LogP contribution in [0.3, 0.4) is 0 Å². The van der Waals surface area contributed by atoms with E-state index in [0.717, 1.165) is 6.20 Å². The normalized spacial score (nSPS) is 10.4. The first-order valence-electron chi connectivity index (χ1n) is 5.68. The molecule has 0 aliphatic heterocycles. The Morgan fingerprint density at radius 1 is 1.52 bits per heavy atom. The summed E-state index contributed by atoms with van der Waals surface area (Å²) in [4.78, 5) is 22.3. The van der Waals surface area contributed by atoms with E-state index in [1.54, 1.807) is 18.2 Å². The van der Waals surface area contributed by atoms with Crippen LogP contribution in [-0.4, -0.2) is 30.6 Å². The molecule has 0 unspecified atom stereocenters. The van der Waals surface area contributed by atoms with Gasteiger partial charge >= 0.3 is 5.97 Å². The number of benzene rings is 1. The molecule has 1 amide bonds. The van der Waals surface area contributed by atoms with Gasteiger partial charge in [-0.15, -0.1) is 0 Å². The Balaban J connectivity index is 2.86. The fourth-order valence-electron chi connectivity index (χ4n) is 1.36. The van der Waals surface area contributed by atoms with E-state index in [4.69, 9.17) is 26.7 Å². The summed E-state index contributed by atoms with van der Waals surface area (Å²) in [5.41, 5.74) is 0.0210. The molecule has 0 fully saturated rings. The van der Waals surface area contributed by atoms with E-state index in [2.05, 4.69) is 10.6 Å². The highest BCUT2D eigenvalue weighted by atomic mass is 35.5. The number of ether oxygens (including phenoxy) is 1. The van der Waals surface area contributed by atoms with Crippen molar-refractivity contribution < 1.29 is 19.4 Å². The molecule has 1 rings (SSSR count). The molecule has 1 aromatic carbocycles. The zero-order valence-electron chi connectivity index (χ0n) is 11.0. The molecule has 1 aromatic rings.